The van der Waals surface area contributed by atoms with Crippen molar-refractivity contribution in [3.8, 4) is 0 Å². The highest BCUT2D eigenvalue weighted by atomic mass is 19.4. The van der Waals surface area contributed by atoms with Crippen molar-refractivity contribution in [3.05, 3.63) is 35.9 Å². The zero-order valence-corrected chi connectivity index (χ0v) is 5.85. The van der Waals surface area contributed by atoms with Gasteiger partial charge in [0.1, 0.15) is 0 Å². The quantitative estimate of drug-likeness (QED) is 0.595. The molecule has 0 amide bonds. The van der Waals surface area contributed by atoms with Crippen LogP contribution < -0.4 is 0 Å². The average molecular weight is 173 g/mol. The molecule has 1 aromatic rings. The minimum atomic E-state index is -4.81. The van der Waals surface area contributed by atoms with E-state index in [2.05, 4.69) is 6.07 Å². The average Bonchev–Trinajstić information content (AvgIpc) is 2.03. The molecule has 1 radical (unpaired) electrons. The second-order valence-corrected chi connectivity index (χ2v) is 2.10. The van der Waals surface area contributed by atoms with Gasteiger partial charge in [0.05, 0.1) is 0 Å². The van der Waals surface area contributed by atoms with Crippen molar-refractivity contribution in [2.24, 2.45) is 0 Å². The van der Waals surface area contributed by atoms with Gasteiger partial charge in [0.2, 0.25) is 0 Å². The molecular formula is C8H4F3O. The molecule has 0 saturated carbocycles. The van der Waals surface area contributed by atoms with Crippen LogP contribution in [0.1, 0.15) is 10.4 Å². The molecule has 1 nitrogen and oxygen atoms in total. The maximum atomic E-state index is 11.8. The van der Waals surface area contributed by atoms with E-state index in [9.17, 15) is 18.0 Å². The predicted octanol–water partition coefficient (Wildman–Crippen LogP) is 2.23. The molecule has 0 spiro atoms. The molecule has 0 aliphatic rings. The van der Waals surface area contributed by atoms with Crippen LogP contribution in [0.5, 0.6) is 0 Å². The number of hydrogen-bond acceptors (Lipinski definition) is 1. The second-order valence-electron chi connectivity index (χ2n) is 2.10. The lowest BCUT2D eigenvalue weighted by atomic mass is 10.1. The standard InChI is InChI=1S/C8H4F3O/c9-8(10,11)7(12)6-4-2-1-3-5-6/h1-4H. The molecule has 0 aliphatic carbocycles. The fraction of sp³-hybridized carbons (Fsp3) is 0.125. The molecule has 4 heteroatoms. The topological polar surface area (TPSA) is 17.1 Å². The van der Waals surface area contributed by atoms with Crippen molar-refractivity contribution in [2.45, 2.75) is 6.18 Å². The van der Waals surface area contributed by atoms with Crippen molar-refractivity contribution < 1.29 is 18.0 Å². The van der Waals surface area contributed by atoms with Gasteiger partial charge in [0.15, 0.2) is 0 Å². The lowest BCUT2D eigenvalue weighted by Gasteiger charge is -2.03. The number of halogens is 3. The summed E-state index contributed by atoms with van der Waals surface area (Å²) < 4.78 is 35.3. The Morgan fingerprint density at radius 3 is 2.42 bits per heavy atom. The Morgan fingerprint density at radius 1 is 1.33 bits per heavy atom. The van der Waals surface area contributed by atoms with E-state index in [4.69, 9.17) is 0 Å². The van der Waals surface area contributed by atoms with Crippen LogP contribution in [0.25, 0.3) is 0 Å². The number of alkyl halides is 3. The molecular weight excluding hydrogens is 169 g/mol. The Kier molecular flexibility index (Phi) is 2.17. The van der Waals surface area contributed by atoms with Gasteiger partial charge in [0.25, 0.3) is 5.78 Å². The number of Topliss-reactive ketones (excluding diaryl/α,β-unsaturated/α-hetero) is 1. The van der Waals surface area contributed by atoms with Crippen LogP contribution in [0, 0.1) is 6.07 Å². The van der Waals surface area contributed by atoms with E-state index in [-0.39, 0.29) is 0 Å². The van der Waals surface area contributed by atoms with Crippen molar-refractivity contribution in [1.82, 2.24) is 0 Å². The molecule has 0 fully saturated rings. The van der Waals surface area contributed by atoms with Crippen LogP contribution in [-0.4, -0.2) is 12.0 Å². The number of ketones is 1. The first-order chi connectivity index (χ1) is 5.52. The summed E-state index contributed by atoms with van der Waals surface area (Å²) in [5.74, 6) is -1.86. The summed E-state index contributed by atoms with van der Waals surface area (Å²) in [7, 11) is 0. The van der Waals surface area contributed by atoms with Crippen molar-refractivity contribution in [2.75, 3.05) is 0 Å². The van der Waals surface area contributed by atoms with Gasteiger partial charge in [-0.05, 0) is 6.07 Å². The first kappa shape index (κ1) is 8.77. The normalized spacial score (nSPS) is 11.2. The zero-order valence-electron chi connectivity index (χ0n) is 5.85. The van der Waals surface area contributed by atoms with Crippen molar-refractivity contribution in [1.29, 1.82) is 0 Å². The Labute approximate surface area is 66.8 Å². The summed E-state index contributed by atoms with van der Waals surface area (Å²) >= 11 is 0. The van der Waals surface area contributed by atoms with Crippen LogP contribution in [0.15, 0.2) is 24.3 Å². The summed E-state index contributed by atoms with van der Waals surface area (Å²) in [5, 5.41) is 0. The highest BCUT2D eigenvalue weighted by Gasteiger charge is 2.39. The molecule has 0 heterocycles. The minimum Gasteiger partial charge on any atom is -0.284 e. The third kappa shape index (κ3) is 1.84. The Hall–Kier alpha value is -1.32. The van der Waals surface area contributed by atoms with E-state index in [1.807, 2.05) is 0 Å². The fourth-order valence-electron chi connectivity index (χ4n) is 0.687. The molecule has 0 saturated heterocycles. The lowest BCUT2D eigenvalue weighted by Crippen LogP contribution is -2.22. The van der Waals surface area contributed by atoms with Crippen molar-refractivity contribution in [3.63, 3.8) is 0 Å². The molecule has 12 heavy (non-hydrogen) atoms. The molecule has 0 unspecified atom stereocenters. The smallest absolute Gasteiger partial charge is 0.284 e. The van der Waals surface area contributed by atoms with Crippen LogP contribution >= 0.6 is 0 Å². The largest absolute Gasteiger partial charge is 0.454 e. The summed E-state index contributed by atoms with van der Waals surface area (Å²) in [4.78, 5) is 10.5. The SMILES string of the molecule is O=C(c1[c]cccc1)C(F)(F)F. The number of rotatable bonds is 1. The Balaban J connectivity index is 2.94. The number of benzene rings is 1. The maximum absolute atomic E-state index is 11.8. The van der Waals surface area contributed by atoms with Gasteiger partial charge >= 0.3 is 6.18 Å². The number of hydrogen-bond donors (Lipinski definition) is 0. The predicted molar refractivity (Wildman–Crippen MR) is 35.7 cm³/mol. The third-order valence-electron chi connectivity index (χ3n) is 1.21. The van der Waals surface area contributed by atoms with Crippen LogP contribution in [0.4, 0.5) is 13.2 Å². The van der Waals surface area contributed by atoms with Crippen molar-refractivity contribution >= 4 is 5.78 Å². The molecule has 1 rings (SSSR count). The molecule has 0 bridgehead atoms. The summed E-state index contributed by atoms with van der Waals surface area (Å²) in [6.45, 7) is 0. The first-order valence-corrected chi connectivity index (χ1v) is 3.10. The van der Waals surface area contributed by atoms with Gasteiger partial charge in [-0.25, -0.2) is 0 Å². The van der Waals surface area contributed by atoms with Crippen LogP contribution in [0.3, 0.4) is 0 Å². The van der Waals surface area contributed by atoms with Crippen LogP contribution in [-0.2, 0) is 0 Å². The van der Waals surface area contributed by atoms with E-state index in [1.165, 1.54) is 18.2 Å². The highest BCUT2D eigenvalue weighted by Crippen LogP contribution is 2.20. The molecule has 0 N–H and O–H groups in total. The number of carbonyl (C=O) groups excluding carboxylic acids is 1. The van der Waals surface area contributed by atoms with Crippen LogP contribution in [0.2, 0.25) is 0 Å². The maximum Gasteiger partial charge on any atom is 0.454 e. The monoisotopic (exact) mass is 173 g/mol. The van der Waals surface area contributed by atoms with E-state index < -0.39 is 17.5 Å². The number of carbonyl (C=O) groups is 1. The first-order valence-electron chi connectivity index (χ1n) is 3.10. The van der Waals surface area contributed by atoms with Gasteiger partial charge in [-0.15, -0.1) is 0 Å². The molecule has 0 aromatic heterocycles. The summed E-state index contributed by atoms with van der Waals surface area (Å²) in [6, 6.07) is 7.40. The summed E-state index contributed by atoms with van der Waals surface area (Å²) in [5.41, 5.74) is -0.454. The van der Waals surface area contributed by atoms with E-state index in [0.717, 1.165) is 6.07 Å². The van der Waals surface area contributed by atoms with Gasteiger partial charge in [0, 0.05) is 5.56 Å². The second kappa shape index (κ2) is 2.97. The zero-order chi connectivity index (χ0) is 9.19. The molecule has 63 valence electrons. The van der Waals surface area contributed by atoms with E-state index >= 15 is 0 Å². The molecule has 0 aliphatic heterocycles. The Morgan fingerprint density at radius 2 is 2.00 bits per heavy atom. The minimum absolute atomic E-state index is 0.454. The Bertz CT molecular complexity index is 276. The van der Waals surface area contributed by atoms with Gasteiger partial charge in [-0.2, -0.15) is 13.2 Å². The van der Waals surface area contributed by atoms with E-state index in [1.54, 1.807) is 0 Å². The van der Waals surface area contributed by atoms with E-state index in [0.29, 0.717) is 0 Å². The lowest BCUT2D eigenvalue weighted by molar-refractivity contribution is -0.0885. The van der Waals surface area contributed by atoms with Gasteiger partial charge in [-0.3, -0.25) is 4.79 Å². The van der Waals surface area contributed by atoms with Gasteiger partial charge < -0.3 is 0 Å². The fourth-order valence-corrected chi connectivity index (χ4v) is 0.687. The molecule has 1 aromatic carbocycles. The third-order valence-corrected chi connectivity index (χ3v) is 1.21. The highest BCUT2D eigenvalue weighted by molar-refractivity contribution is 5.99. The van der Waals surface area contributed by atoms with Gasteiger partial charge in [-0.1, -0.05) is 24.3 Å². The summed E-state index contributed by atoms with van der Waals surface area (Å²) in [6.07, 6.45) is -4.81. The molecule has 0 atom stereocenters.